The van der Waals surface area contributed by atoms with Crippen molar-refractivity contribution >= 4 is 11.8 Å². The zero-order valence-corrected chi connectivity index (χ0v) is 17.6. The van der Waals surface area contributed by atoms with Gasteiger partial charge in [-0.1, -0.05) is 37.3 Å². The van der Waals surface area contributed by atoms with Gasteiger partial charge in [-0.3, -0.25) is 14.5 Å². The smallest absolute Gasteiger partial charge is 0.234 e. The van der Waals surface area contributed by atoms with Gasteiger partial charge in [0.15, 0.2) is 0 Å². The van der Waals surface area contributed by atoms with Gasteiger partial charge >= 0.3 is 0 Å². The van der Waals surface area contributed by atoms with Crippen LogP contribution in [0.1, 0.15) is 39.0 Å². The fraction of sp³-hybridized carbons (Fsp3) is 0.571. The van der Waals surface area contributed by atoms with Crippen LogP contribution in [0.5, 0.6) is 0 Å². The van der Waals surface area contributed by atoms with Gasteiger partial charge in [0, 0.05) is 37.7 Å². The van der Waals surface area contributed by atoms with E-state index in [9.17, 15) is 9.59 Å². The molecule has 0 radical (unpaired) electrons. The highest BCUT2D eigenvalue weighted by Crippen LogP contribution is 2.12. The van der Waals surface area contributed by atoms with Crippen molar-refractivity contribution < 1.29 is 9.59 Å². The Morgan fingerprint density at radius 1 is 1.13 bits per heavy atom. The number of rotatable bonds is 10. The van der Waals surface area contributed by atoms with Crippen LogP contribution >= 0.6 is 0 Å². The summed E-state index contributed by atoms with van der Waals surface area (Å²) in [7, 11) is 0. The van der Waals surface area contributed by atoms with Gasteiger partial charge in [0.2, 0.25) is 17.6 Å². The van der Waals surface area contributed by atoms with E-state index >= 15 is 0 Å². The normalized spacial score (nSPS) is 15.1. The summed E-state index contributed by atoms with van der Waals surface area (Å²) in [6.07, 6.45) is 3.78. The summed E-state index contributed by atoms with van der Waals surface area (Å²) in [6.45, 7) is 5.42. The van der Waals surface area contributed by atoms with Gasteiger partial charge in [-0.25, -0.2) is 0 Å². The van der Waals surface area contributed by atoms with Gasteiger partial charge in [0.1, 0.15) is 0 Å². The number of nitrogens with zero attached hydrogens (tertiary/aromatic N) is 5. The van der Waals surface area contributed by atoms with E-state index < -0.39 is 0 Å². The Morgan fingerprint density at radius 3 is 2.63 bits per heavy atom. The van der Waals surface area contributed by atoms with Crippen molar-refractivity contribution in [2.45, 2.75) is 51.6 Å². The molecule has 9 heteroatoms. The number of likely N-dealkylation sites (tertiary alicyclic amines) is 1. The van der Waals surface area contributed by atoms with E-state index in [2.05, 4.69) is 30.9 Å². The number of carbonyl (C=O) groups is 2. The summed E-state index contributed by atoms with van der Waals surface area (Å²) in [5, 5.41) is 18.5. The molecule has 2 aromatic rings. The van der Waals surface area contributed by atoms with Crippen LogP contribution in [0, 0.1) is 0 Å². The predicted octanol–water partition coefficient (Wildman–Crippen LogP) is 1.23. The second-order valence-corrected chi connectivity index (χ2v) is 7.65. The monoisotopic (exact) mass is 413 g/mol. The average molecular weight is 414 g/mol. The first-order valence-electron chi connectivity index (χ1n) is 10.8. The maximum atomic E-state index is 12.3. The zero-order valence-electron chi connectivity index (χ0n) is 17.6. The Kier molecular flexibility index (Phi) is 8.31. The number of amides is 2. The second-order valence-electron chi connectivity index (χ2n) is 7.65. The quantitative estimate of drug-likeness (QED) is 0.607. The number of piperidine rings is 1. The molecule has 162 valence electrons. The number of hydrogen-bond acceptors (Lipinski definition) is 6. The van der Waals surface area contributed by atoms with Gasteiger partial charge < -0.3 is 10.6 Å². The molecular weight excluding hydrogens is 382 g/mol. The molecule has 0 bridgehead atoms. The van der Waals surface area contributed by atoms with E-state index in [1.165, 1.54) is 4.80 Å². The van der Waals surface area contributed by atoms with Crippen LogP contribution in [-0.4, -0.2) is 69.1 Å². The van der Waals surface area contributed by atoms with Crippen molar-refractivity contribution in [2.75, 3.05) is 26.2 Å². The lowest BCUT2D eigenvalue weighted by Crippen LogP contribution is -2.47. The number of aryl methyl sites for hydroxylation is 1. The Hall–Kier alpha value is -2.81. The van der Waals surface area contributed by atoms with Gasteiger partial charge in [-0.05, 0) is 30.9 Å². The molecule has 0 saturated carbocycles. The highest BCUT2D eigenvalue weighted by atomic mass is 16.2. The maximum absolute atomic E-state index is 12.3. The Labute approximate surface area is 177 Å². The Bertz CT molecular complexity index is 801. The topological polar surface area (TPSA) is 105 Å². The molecule has 9 nitrogen and oxygen atoms in total. The fourth-order valence-corrected chi connectivity index (χ4v) is 3.48. The lowest BCUT2D eigenvalue weighted by atomic mass is 10.0. The summed E-state index contributed by atoms with van der Waals surface area (Å²) in [6, 6.07) is 9.88. The number of tetrazole rings is 1. The van der Waals surface area contributed by atoms with E-state index in [0.29, 0.717) is 31.8 Å². The summed E-state index contributed by atoms with van der Waals surface area (Å²) in [4.78, 5) is 27.7. The zero-order chi connectivity index (χ0) is 21.2. The molecule has 1 saturated heterocycles. The first-order valence-corrected chi connectivity index (χ1v) is 10.8. The molecule has 0 spiro atoms. The van der Waals surface area contributed by atoms with E-state index in [1.54, 1.807) is 0 Å². The standard InChI is InChI=1S/C21H31N7O2/c1-2-12-22-20(30)16-27-14-10-18(11-15-27)23-19(29)9-6-13-28-25-21(24-26-28)17-7-4-3-5-8-17/h3-5,7-8,18H,2,6,9-16H2,1H3,(H,22,30)(H,23,29). The first kappa shape index (κ1) is 21.9. The fourth-order valence-electron chi connectivity index (χ4n) is 3.48. The summed E-state index contributed by atoms with van der Waals surface area (Å²) < 4.78 is 0. The highest BCUT2D eigenvalue weighted by molar-refractivity contribution is 5.78. The highest BCUT2D eigenvalue weighted by Gasteiger charge is 2.21. The molecule has 0 aliphatic carbocycles. The molecule has 1 aliphatic rings. The molecule has 1 aromatic carbocycles. The van der Waals surface area contributed by atoms with Crippen LogP contribution in [0.15, 0.2) is 30.3 Å². The molecule has 2 heterocycles. The minimum atomic E-state index is 0.0533. The van der Waals surface area contributed by atoms with Gasteiger partial charge in [-0.15, -0.1) is 10.2 Å². The molecular formula is C21H31N7O2. The molecule has 2 amide bonds. The molecule has 0 unspecified atom stereocenters. The minimum Gasteiger partial charge on any atom is -0.355 e. The van der Waals surface area contributed by atoms with Crippen molar-refractivity contribution in [2.24, 2.45) is 0 Å². The summed E-state index contributed by atoms with van der Waals surface area (Å²) in [5.74, 6) is 0.726. The lowest BCUT2D eigenvalue weighted by molar-refractivity contribution is -0.124. The average Bonchev–Trinajstić information content (AvgIpc) is 3.23. The van der Waals surface area contributed by atoms with Crippen molar-refractivity contribution in [1.29, 1.82) is 0 Å². The Balaban J connectivity index is 1.31. The molecule has 3 rings (SSSR count). The SMILES string of the molecule is CCCNC(=O)CN1CCC(NC(=O)CCCn2nnc(-c3ccccc3)n2)CC1. The molecule has 0 atom stereocenters. The number of carbonyl (C=O) groups excluding carboxylic acids is 2. The molecule has 1 aliphatic heterocycles. The third-order valence-electron chi connectivity index (χ3n) is 5.14. The number of hydrogen-bond donors (Lipinski definition) is 2. The van der Waals surface area contributed by atoms with Crippen LogP contribution in [-0.2, 0) is 16.1 Å². The van der Waals surface area contributed by atoms with E-state index in [4.69, 9.17) is 0 Å². The molecule has 30 heavy (non-hydrogen) atoms. The lowest BCUT2D eigenvalue weighted by Gasteiger charge is -2.31. The van der Waals surface area contributed by atoms with Gasteiger partial charge in [0.25, 0.3) is 0 Å². The largest absolute Gasteiger partial charge is 0.355 e. The third-order valence-corrected chi connectivity index (χ3v) is 5.14. The van der Waals surface area contributed by atoms with E-state index in [-0.39, 0.29) is 17.9 Å². The van der Waals surface area contributed by atoms with Crippen LogP contribution < -0.4 is 10.6 Å². The van der Waals surface area contributed by atoms with Crippen LogP contribution in [0.25, 0.3) is 11.4 Å². The van der Waals surface area contributed by atoms with Crippen molar-refractivity contribution in [3.8, 4) is 11.4 Å². The minimum absolute atomic E-state index is 0.0533. The number of nitrogens with one attached hydrogen (secondary N) is 2. The van der Waals surface area contributed by atoms with Gasteiger partial charge in [0.05, 0.1) is 13.1 Å². The molecule has 1 fully saturated rings. The first-order chi connectivity index (χ1) is 14.6. The molecule has 1 aromatic heterocycles. The van der Waals surface area contributed by atoms with Crippen LogP contribution in [0.3, 0.4) is 0 Å². The van der Waals surface area contributed by atoms with Crippen LogP contribution in [0.4, 0.5) is 0 Å². The van der Waals surface area contributed by atoms with Crippen molar-refractivity contribution in [3.63, 3.8) is 0 Å². The van der Waals surface area contributed by atoms with Crippen molar-refractivity contribution in [1.82, 2.24) is 35.7 Å². The Morgan fingerprint density at radius 2 is 1.90 bits per heavy atom. The third kappa shape index (κ3) is 6.91. The predicted molar refractivity (Wildman–Crippen MR) is 113 cm³/mol. The molecule has 2 N–H and O–H groups in total. The van der Waals surface area contributed by atoms with E-state index in [0.717, 1.165) is 44.5 Å². The van der Waals surface area contributed by atoms with E-state index in [1.807, 2.05) is 37.3 Å². The second kappa shape index (κ2) is 11.4. The van der Waals surface area contributed by atoms with Gasteiger partial charge in [-0.2, -0.15) is 4.80 Å². The maximum Gasteiger partial charge on any atom is 0.234 e. The number of benzene rings is 1. The number of aromatic nitrogens is 4. The summed E-state index contributed by atoms with van der Waals surface area (Å²) in [5.41, 5.74) is 0.927. The van der Waals surface area contributed by atoms with Crippen LogP contribution in [0.2, 0.25) is 0 Å². The summed E-state index contributed by atoms with van der Waals surface area (Å²) >= 11 is 0. The van der Waals surface area contributed by atoms with Crippen molar-refractivity contribution in [3.05, 3.63) is 30.3 Å².